The second kappa shape index (κ2) is 8.91. The molecule has 1 heterocycles. The Morgan fingerprint density at radius 1 is 1.07 bits per heavy atom. The van der Waals surface area contributed by atoms with Crippen molar-refractivity contribution in [3.05, 3.63) is 64.4 Å². The van der Waals surface area contributed by atoms with Crippen molar-refractivity contribution in [3.8, 4) is 0 Å². The molecule has 0 aliphatic carbocycles. The Morgan fingerprint density at radius 2 is 1.71 bits per heavy atom. The van der Waals surface area contributed by atoms with Crippen LogP contribution in [0.2, 0.25) is 5.02 Å². The van der Waals surface area contributed by atoms with E-state index >= 15 is 0 Å². The molecular formula is C21H26ClFN2O2S. The number of halogens is 2. The fourth-order valence-corrected chi connectivity index (χ4v) is 5.02. The smallest absolute Gasteiger partial charge is 0.243 e. The van der Waals surface area contributed by atoms with Gasteiger partial charge in [0.25, 0.3) is 0 Å². The molecule has 0 N–H and O–H groups in total. The van der Waals surface area contributed by atoms with Crippen LogP contribution >= 0.6 is 11.6 Å². The lowest BCUT2D eigenvalue weighted by Gasteiger charge is -2.34. The molecule has 7 heteroatoms. The Balaban J connectivity index is 1.63. The van der Waals surface area contributed by atoms with E-state index in [2.05, 4.69) is 18.7 Å². The summed E-state index contributed by atoms with van der Waals surface area (Å²) >= 11 is 6.10. The fraction of sp³-hybridized carbons (Fsp3) is 0.429. The van der Waals surface area contributed by atoms with Crippen molar-refractivity contribution in [2.75, 3.05) is 26.2 Å². The zero-order valence-electron chi connectivity index (χ0n) is 16.2. The minimum atomic E-state index is -3.49. The fourth-order valence-electron chi connectivity index (χ4n) is 3.37. The molecule has 0 bridgehead atoms. The maximum atomic E-state index is 13.2. The average Bonchev–Trinajstić information content (AvgIpc) is 2.70. The maximum absolute atomic E-state index is 13.2. The quantitative estimate of drug-likeness (QED) is 0.685. The third-order valence-corrected chi connectivity index (χ3v) is 7.70. The highest BCUT2D eigenvalue weighted by Crippen LogP contribution is 2.24. The summed E-state index contributed by atoms with van der Waals surface area (Å²) in [4.78, 5) is 2.48. The lowest BCUT2D eigenvalue weighted by atomic mass is 9.99. The van der Waals surface area contributed by atoms with Gasteiger partial charge in [0.1, 0.15) is 5.82 Å². The van der Waals surface area contributed by atoms with Crippen molar-refractivity contribution in [2.45, 2.75) is 37.6 Å². The topological polar surface area (TPSA) is 40.6 Å². The normalized spacial score (nSPS) is 17.6. The van der Waals surface area contributed by atoms with Gasteiger partial charge in [0.05, 0.1) is 4.90 Å². The van der Waals surface area contributed by atoms with Gasteiger partial charge in [-0.05, 0) is 47.7 Å². The van der Waals surface area contributed by atoms with Gasteiger partial charge in [0.15, 0.2) is 0 Å². The summed E-state index contributed by atoms with van der Waals surface area (Å²) in [6, 6.07) is 11.6. The first-order chi connectivity index (χ1) is 13.3. The van der Waals surface area contributed by atoms with Crippen LogP contribution in [0.25, 0.3) is 0 Å². The summed E-state index contributed by atoms with van der Waals surface area (Å²) < 4.78 is 40.6. The van der Waals surface area contributed by atoms with E-state index in [0.717, 1.165) is 17.5 Å². The number of benzene rings is 2. The summed E-state index contributed by atoms with van der Waals surface area (Å²) in [6.45, 7) is 6.90. The molecule has 2 aromatic carbocycles. The Bertz CT molecular complexity index is 911. The number of sulfonamides is 1. The van der Waals surface area contributed by atoms with Crippen molar-refractivity contribution < 1.29 is 12.8 Å². The van der Waals surface area contributed by atoms with Gasteiger partial charge in [-0.2, -0.15) is 4.31 Å². The monoisotopic (exact) mass is 424 g/mol. The lowest BCUT2D eigenvalue weighted by molar-refractivity contribution is 0.181. The Labute approximate surface area is 172 Å². The van der Waals surface area contributed by atoms with Crippen molar-refractivity contribution in [1.29, 1.82) is 0 Å². The highest BCUT2D eigenvalue weighted by atomic mass is 35.5. The molecule has 1 fully saturated rings. The summed E-state index contributed by atoms with van der Waals surface area (Å²) in [6.07, 6.45) is 1.02. The van der Waals surface area contributed by atoms with Crippen LogP contribution in [0.5, 0.6) is 0 Å². The van der Waals surface area contributed by atoms with Gasteiger partial charge in [0, 0.05) is 37.7 Å². The zero-order chi connectivity index (χ0) is 20.3. The molecule has 1 unspecified atom stereocenters. The standard InChI is InChI=1S/C21H26ClFN2O2S/c1-3-16(2)17-5-8-20(9-6-17)28(26,27)25-12-10-24(11-13-25)15-18-4-7-19(23)14-21(18)22/h4-9,14,16H,3,10-13,15H2,1-2H3. The van der Waals surface area contributed by atoms with E-state index < -0.39 is 10.0 Å². The van der Waals surface area contributed by atoms with Gasteiger partial charge in [-0.25, -0.2) is 12.8 Å². The van der Waals surface area contributed by atoms with Gasteiger partial charge in [-0.1, -0.05) is 43.6 Å². The van der Waals surface area contributed by atoms with Crippen LogP contribution in [0.15, 0.2) is 47.4 Å². The van der Waals surface area contributed by atoms with Crippen molar-refractivity contribution in [2.24, 2.45) is 0 Å². The lowest BCUT2D eigenvalue weighted by Crippen LogP contribution is -2.48. The van der Waals surface area contributed by atoms with Crippen LogP contribution in [-0.2, 0) is 16.6 Å². The van der Waals surface area contributed by atoms with Crippen molar-refractivity contribution >= 4 is 21.6 Å². The number of hydrogen-bond acceptors (Lipinski definition) is 3. The summed E-state index contributed by atoms with van der Waals surface area (Å²) in [5, 5.41) is 0.399. The van der Waals surface area contributed by atoms with E-state index in [1.54, 1.807) is 18.2 Å². The van der Waals surface area contributed by atoms with Gasteiger partial charge in [-0.15, -0.1) is 0 Å². The summed E-state index contributed by atoms with van der Waals surface area (Å²) in [7, 11) is -3.49. The third kappa shape index (κ3) is 4.74. The van der Waals surface area contributed by atoms with Gasteiger partial charge in [-0.3, -0.25) is 4.90 Å². The number of hydrogen-bond donors (Lipinski definition) is 0. The highest BCUT2D eigenvalue weighted by Gasteiger charge is 2.28. The van der Waals surface area contributed by atoms with Crippen LogP contribution in [0.1, 0.15) is 37.3 Å². The zero-order valence-corrected chi connectivity index (χ0v) is 17.8. The van der Waals surface area contributed by atoms with E-state index in [1.807, 2.05) is 12.1 Å². The van der Waals surface area contributed by atoms with E-state index in [9.17, 15) is 12.8 Å². The Morgan fingerprint density at radius 3 is 2.29 bits per heavy atom. The maximum Gasteiger partial charge on any atom is 0.243 e. The Kier molecular flexibility index (Phi) is 6.76. The molecule has 0 spiro atoms. The largest absolute Gasteiger partial charge is 0.296 e. The minimum Gasteiger partial charge on any atom is -0.296 e. The third-order valence-electron chi connectivity index (χ3n) is 5.44. The van der Waals surface area contributed by atoms with Gasteiger partial charge in [0.2, 0.25) is 10.0 Å². The molecule has 0 aromatic heterocycles. The van der Waals surface area contributed by atoms with Crippen molar-refractivity contribution in [3.63, 3.8) is 0 Å². The molecule has 4 nitrogen and oxygen atoms in total. The van der Waals surface area contributed by atoms with E-state index in [4.69, 9.17) is 11.6 Å². The van der Waals surface area contributed by atoms with Gasteiger partial charge >= 0.3 is 0 Å². The second-order valence-corrected chi connectivity index (χ2v) is 9.64. The molecular weight excluding hydrogens is 399 g/mol. The van der Waals surface area contributed by atoms with Crippen LogP contribution < -0.4 is 0 Å². The van der Waals surface area contributed by atoms with Crippen LogP contribution in [0, 0.1) is 5.82 Å². The van der Waals surface area contributed by atoms with Crippen LogP contribution in [0.3, 0.4) is 0 Å². The number of nitrogens with zero attached hydrogens (tertiary/aromatic N) is 2. The second-order valence-electron chi connectivity index (χ2n) is 7.29. The number of rotatable bonds is 6. The first-order valence-electron chi connectivity index (χ1n) is 9.57. The first-order valence-corrected chi connectivity index (χ1v) is 11.4. The molecule has 1 atom stereocenters. The van der Waals surface area contributed by atoms with Gasteiger partial charge < -0.3 is 0 Å². The Hall–Kier alpha value is -1.47. The first kappa shape index (κ1) is 21.2. The summed E-state index contributed by atoms with van der Waals surface area (Å²) in [5.41, 5.74) is 2.00. The molecule has 2 aromatic rings. The average molecular weight is 425 g/mol. The molecule has 1 aliphatic heterocycles. The molecule has 3 rings (SSSR count). The van der Waals surface area contributed by atoms with E-state index in [1.165, 1.54) is 16.4 Å². The highest BCUT2D eigenvalue weighted by molar-refractivity contribution is 7.89. The van der Waals surface area contributed by atoms with Crippen LogP contribution in [0.4, 0.5) is 4.39 Å². The van der Waals surface area contributed by atoms with E-state index in [0.29, 0.717) is 48.6 Å². The molecule has 0 saturated carbocycles. The predicted molar refractivity (Wildman–Crippen MR) is 111 cm³/mol. The molecule has 28 heavy (non-hydrogen) atoms. The molecule has 0 amide bonds. The number of piperazine rings is 1. The molecule has 0 radical (unpaired) electrons. The van der Waals surface area contributed by atoms with E-state index in [-0.39, 0.29) is 5.82 Å². The molecule has 1 saturated heterocycles. The molecule has 1 aliphatic rings. The minimum absolute atomic E-state index is 0.342. The molecule has 152 valence electrons. The SMILES string of the molecule is CCC(C)c1ccc(S(=O)(=O)N2CCN(Cc3ccc(F)cc3Cl)CC2)cc1. The predicted octanol–water partition coefficient (Wildman–Crippen LogP) is 4.50. The summed E-state index contributed by atoms with van der Waals surface area (Å²) in [5.74, 6) is 0.0580. The van der Waals surface area contributed by atoms with Crippen LogP contribution in [-0.4, -0.2) is 43.8 Å². The van der Waals surface area contributed by atoms with Crippen molar-refractivity contribution in [1.82, 2.24) is 9.21 Å².